The predicted molar refractivity (Wildman–Crippen MR) is 128 cm³/mol. The second-order valence-electron chi connectivity index (χ2n) is 6.25. The van der Waals surface area contributed by atoms with Crippen LogP contribution < -0.4 is 16.6 Å². The molecule has 0 atom stereocenters. The number of hydrogen-bond acceptors (Lipinski definition) is 7. The maximum absolute atomic E-state index is 12.2. The summed E-state index contributed by atoms with van der Waals surface area (Å²) in [5, 5.41) is 16.0. The number of rotatable bonds is 8. The number of halogens is 2. The zero-order chi connectivity index (χ0) is 22.2. The number of benzene rings is 2. The minimum atomic E-state index is -0.272. The van der Waals surface area contributed by atoms with Gasteiger partial charge in [-0.05, 0) is 36.8 Å². The Morgan fingerprint density at radius 1 is 1.23 bits per heavy atom. The number of carbonyl (C=O) groups is 1. The Labute approximate surface area is 193 Å². The van der Waals surface area contributed by atoms with Crippen LogP contribution in [0.4, 0.5) is 11.6 Å². The molecule has 0 radical (unpaired) electrons. The number of thioether (sulfide) groups is 1. The van der Waals surface area contributed by atoms with E-state index in [1.54, 1.807) is 18.2 Å². The normalized spacial score (nSPS) is 11.6. The third-order valence-electron chi connectivity index (χ3n) is 3.85. The summed E-state index contributed by atoms with van der Waals surface area (Å²) in [6, 6.07) is 14.7. The van der Waals surface area contributed by atoms with Crippen LogP contribution in [0.15, 0.2) is 64.9 Å². The molecule has 4 N–H and O–H groups in total. The molecule has 3 rings (SSSR count). The summed E-state index contributed by atoms with van der Waals surface area (Å²) in [6.45, 7) is 1.84. The van der Waals surface area contributed by atoms with E-state index in [4.69, 9.17) is 29.0 Å². The monoisotopic (exact) mass is 475 g/mol. The van der Waals surface area contributed by atoms with Crippen LogP contribution in [0.1, 0.15) is 12.5 Å². The van der Waals surface area contributed by atoms with Gasteiger partial charge in [-0.1, -0.05) is 71.4 Å². The molecule has 11 heteroatoms. The Morgan fingerprint density at radius 2 is 2.00 bits per heavy atom. The number of nitrogens with two attached hydrogens (primary N) is 1. The van der Waals surface area contributed by atoms with Crippen molar-refractivity contribution in [1.82, 2.24) is 14.9 Å². The largest absolute Gasteiger partial charge is 0.334 e. The van der Waals surface area contributed by atoms with E-state index in [-0.39, 0.29) is 17.6 Å². The number of aromatic nitrogens is 3. The molecule has 160 valence electrons. The molecule has 3 aromatic rings. The summed E-state index contributed by atoms with van der Waals surface area (Å²) >= 11 is 13.0. The zero-order valence-corrected chi connectivity index (χ0v) is 18.7. The van der Waals surface area contributed by atoms with E-state index in [2.05, 4.69) is 26.0 Å². The summed E-state index contributed by atoms with van der Waals surface area (Å²) in [4.78, 5) is 12.2. The van der Waals surface area contributed by atoms with E-state index in [1.807, 2.05) is 49.4 Å². The first-order chi connectivity index (χ1) is 14.9. The molecule has 0 aliphatic carbocycles. The summed E-state index contributed by atoms with van der Waals surface area (Å²) in [5.74, 6) is 6.03. The lowest BCUT2D eigenvalue weighted by Crippen LogP contribution is -2.17. The van der Waals surface area contributed by atoms with Gasteiger partial charge in [0, 0.05) is 5.02 Å². The summed E-state index contributed by atoms with van der Waals surface area (Å²) in [5.41, 5.74) is 5.03. The molecule has 0 saturated heterocycles. The average molecular weight is 476 g/mol. The SMILES string of the molecule is CC(/C=C/c1ccccc1)=N\Nc1nnc(SCC(=O)Nc2ccc(Cl)cc2Cl)n1N. The highest BCUT2D eigenvalue weighted by atomic mass is 35.5. The van der Waals surface area contributed by atoms with Gasteiger partial charge in [0.1, 0.15) is 0 Å². The van der Waals surface area contributed by atoms with E-state index in [1.165, 1.54) is 4.68 Å². The maximum atomic E-state index is 12.2. The van der Waals surface area contributed by atoms with Crippen LogP contribution in [-0.4, -0.2) is 32.2 Å². The van der Waals surface area contributed by atoms with Crippen molar-refractivity contribution in [2.24, 2.45) is 5.10 Å². The van der Waals surface area contributed by atoms with Crippen molar-refractivity contribution in [3.8, 4) is 0 Å². The average Bonchev–Trinajstić information content (AvgIpc) is 3.11. The fourth-order valence-electron chi connectivity index (χ4n) is 2.32. The van der Waals surface area contributed by atoms with Gasteiger partial charge in [-0.3, -0.25) is 4.79 Å². The maximum Gasteiger partial charge on any atom is 0.264 e. The van der Waals surface area contributed by atoms with Crippen molar-refractivity contribution in [2.75, 3.05) is 22.3 Å². The standard InChI is InChI=1S/C20H19Cl2N7OS/c1-13(7-8-14-5-3-2-4-6-14)25-26-19-27-28-20(29(19)23)31-12-18(30)24-17-10-9-15(21)11-16(17)22/h2-11H,12,23H2,1H3,(H,24,30)(H,26,27)/b8-7+,25-13+. The molecule has 0 bridgehead atoms. The number of hydrazone groups is 1. The lowest BCUT2D eigenvalue weighted by Gasteiger charge is -2.07. The Balaban J connectivity index is 1.53. The molecule has 8 nitrogen and oxygen atoms in total. The second-order valence-corrected chi connectivity index (χ2v) is 8.03. The first-order valence-corrected chi connectivity index (χ1v) is 10.8. The van der Waals surface area contributed by atoms with Crippen LogP contribution in [0.2, 0.25) is 10.0 Å². The van der Waals surface area contributed by atoms with Crippen molar-refractivity contribution < 1.29 is 4.79 Å². The van der Waals surface area contributed by atoms with Crippen LogP contribution in [0.5, 0.6) is 0 Å². The van der Waals surface area contributed by atoms with Gasteiger partial charge < -0.3 is 11.2 Å². The summed E-state index contributed by atoms with van der Waals surface area (Å²) in [6.07, 6.45) is 3.81. The molecule has 0 unspecified atom stereocenters. The second kappa shape index (κ2) is 10.9. The number of nitrogens with zero attached hydrogens (tertiary/aromatic N) is 4. The number of anilines is 2. The van der Waals surface area contributed by atoms with Gasteiger partial charge in [0.15, 0.2) is 0 Å². The summed E-state index contributed by atoms with van der Waals surface area (Å²) in [7, 11) is 0. The summed E-state index contributed by atoms with van der Waals surface area (Å²) < 4.78 is 1.23. The smallest absolute Gasteiger partial charge is 0.264 e. The fourth-order valence-corrected chi connectivity index (χ4v) is 3.43. The van der Waals surface area contributed by atoms with Crippen LogP contribution in [0, 0.1) is 0 Å². The van der Waals surface area contributed by atoms with E-state index >= 15 is 0 Å². The lowest BCUT2D eigenvalue weighted by atomic mass is 10.2. The third kappa shape index (κ3) is 6.74. The van der Waals surface area contributed by atoms with Gasteiger partial charge in [0.2, 0.25) is 11.1 Å². The van der Waals surface area contributed by atoms with Crippen molar-refractivity contribution in [3.05, 3.63) is 70.2 Å². The third-order valence-corrected chi connectivity index (χ3v) is 5.34. The molecule has 1 aromatic heterocycles. The van der Waals surface area contributed by atoms with Gasteiger partial charge in [0.05, 0.1) is 22.2 Å². The number of nitrogen functional groups attached to an aromatic ring is 1. The molecule has 1 amide bonds. The first kappa shape index (κ1) is 22.7. The number of nitrogens with one attached hydrogen (secondary N) is 2. The van der Waals surface area contributed by atoms with Crippen molar-refractivity contribution in [2.45, 2.75) is 12.1 Å². The molecule has 2 aromatic carbocycles. The van der Waals surface area contributed by atoms with Crippen LogP contribution in [0.25, 0.3) is 6.08 Å². The van der Waals surface area contributed by atoms with E-state index in [9.17, 15) is 4.79 Å². The van der Waals surface area contributed by atoms with Gasteiger partial charge in [-0.15, -0.1) is 10.2 Å². The Hall–Kier alpha value is -3.01. The Bertz CT molecular complexity index is 1120. The van der Waals surface area contributed by atoms with Gasteiger partial charge in [0.25, 0.3) is 5.95 Å². The van der Waals surface area contributed by atoms with Crippen molar-refractivity contribution in [1.29, 1.82) is 0 Å². The number of allylic oxidation sites excluding steroid dienone is 1. The van der Waals surface area contributed by atoms with Crippen LogP contribution in [0.3, 0.4) is 0 Å². The Kier molecular flexibility index (Phi) is 7.94. The Morgan fingerprint density at radius 3 is 2.74 bits per heavy atom. The number of carbonyl (C=O) groups excluding carboxylic acids is 1. The quantitative estimate of drug-likeness (QED) is 0.191. The number of hydrogen-bond donors (Lipinski definition) is 3. The molecule has 0 fully saturated rings. The van der Waals surface area contributed by atoms with E-state index in [0.717, 1.165) is 23.0 Å². The van der Waals surface area contributed by atoms with Crippen LogP contribution >= 0.6 is 35.0 Å². The molecule has 31 heavy (non-hydrogen) atoms. The molecule has 0 saturated carbocycles. The highest BCUT2D eigenvalue weighted by molar-refractivity contribution is 7.99. The van der Waals surface area contributed by atoms with Gasteiger partial charge in [-0.2, -0.15) is 5.10 Å². The zero-order valence-electron chi connectivity index (χ0n) is 16.4. The van der Waals surface area contributed by atoms with E-state index in [0.29, 0.717) is 20.9 Å². The van der Waals surface area contributed by atoms with Gasteiger partial charge in [-0.25, -0.2) is 10.1 Å². The topological polar surface area (TPSA) is 110 Å². The molecule has 0 spiro atoms. The minimum Gasteiger partial charge on any atom is -0.334 e. The molecule has 1 heterocycles. The highest BCUT2D eigenvalue weighted by Crippen LogP contribution is 2.26. The number of amides is 1. The minimum absolute atomic E-state index is 0.0659. The van der Waals surface area contributed by atoms with E-state index < -0.39 is 0 Å². The predicted octanol–water partition coefficient (Wildman–Crippen LogP) is 4.53. The fraction of sp³-hybridized carbons (Fsp3) is 0.100. The van der Waals surface area contributed by atoms with Crippen molar-refractivity contribution in [3.63, 3.8) is 0 Å². The van der Waals surface area contributed by atoms with Crippen molar-refractivity contribution >= 4 is 64.3 Å². The van der Waals surface area contributed by atoms with Crippen LogP contribution in [-0.2, 0) is 4.79 Å². The molecular weight excluding hydrogens is 457 g/mol. The molecule has 0 aliphatic heterocycles. The highest BCUT2D eigenvalue weighted by Gasteiger charge is 2.13. The first-order valence-electron chi connectivity index (χ1n) is 9.04. The molecule has 0 aliphatic rings. The lowest BCUT2D eigenvalue weighted by molar-refractivity contribution is -0.113. The van der Waals surface area contributed by atoms with Gasteiger partial charge >= 0.3 is 0 Å². The molecular formula is C20H19Cl2N7OS.